The van der Waals surface area contributed by atoms with Gasteiger partial charge in [0.15, 0.2) is 0 Å². The van der Waals surface area contributed by atoms with E-state index in [2.05, 4.69) is 44.7 Å². The zero-order chi connectivity index (χ0) is 17.5. The van der Waals surface area contributed by atoms with Crippen LogP contribution in [0.1, 0.15) is 31.4 Å². The molecule has 2 N–H and O–H groups in total. The van der Waals surface area contributed by atoms with Crippen molar-refractivity contribution in [2.75, 3.05) is 57.4 Å². The monoisotopic (exact) mass is 346 g/mol. The van der Waals surface area contributed by atoms with Crippen LogP contribution in [0, 0.1) is 0 Å². The molecule has 3 rings (SSSR count). The van der Waals surface area contributed by atoms with Crippen molar-refractivity contribution in [1.29, 1.82) is 0 Å². The van der Waals surface area contributed by atoms with E-state index in [1.54, 1.807) is 0 Å². The highest BCUT2D eigenvalue weighted by Crippen LogP contribution is 2.23. The number of morpholine rings is 1. The van der Waals surface area contributed by atoms with Crippen LogP contribution in [0.25, 0.3) is 0 Å². The summed E-state index contributed by atoms with van der Waals surface area (Å²) in [6.07, 6.45) is 2.53. The van der Waals surface area contributed by atoms with E-state index in [0.29, 0.717) is 6.54 Å². The van der Waals surface area contributed by atoms with Crippen LogP contribution < -0.4 is 15.5 Å². The van der Waals surface area contributed by atoms with Gasteiger partial charge in [0.1, 0.15) is 0 Å². The van der Waals surface area contributed by atoms with E-state index in [4.69, 9.17) is 4.74 Å². The van der Waals surface area contributed by atoms with Crippen LogP contribution >= 0.6 is 0 Å². The Kier molecular flexibility index (Phi) is 6.53. The molecule has 2 aliphatic rings. The lowest BCUT2D eigenvalue weighted by Crippen LogP contribution is -2.44. The standard InChI is InChI=1S/C19H30N4O2/c1-16(17-5-4-6-18(15-17)23-8-2-3-9-23)21-19(24)20-7-10-22-11-13-25-14-12-22/h4-6,15-16H,2-3,7-14H2,1H3,(H2,20,21,24). The third-order valence-electron chi connectivity index (χ3n) is 5.01. The summed E-state index contributed by atoms with van der Waals surface area (Å²) in [6.45, 7) is 9.30. The fraction of sp³-hybridized carbons (Fsp3) is 0.632. The molecule has 0 radical (unpaired) electrons. The average molecular weight is 346 g/mol. The number of carbonyl (C=O) groups excluding carboxylic acids is 1. The van der Waals surface area contributed by atoms with Gasteiger partial charge in [0.25, 0.3) is 0 Å². The van der Waals surface area contributed by atoms with E-state index in [0.717, 1.165) is 51.5 Å². The maximum absolute atomic E-state index is 12.1. The van der Waals surface area contributed by atoms with Gasteiger partial charge >= 0.3 is 6.03 Å². The molecule has 2 fully saturated rings. The average Bonchev–Trinajstić information content (AvgIpc) is 3.17. The lowest BCUT2D eigenvalue weighted by molar-refractivity contribution is 0.0387. The summed E-state index contributed by atoms with van der Waals surface area (Å²) in [5, 5.41) is 6.00. The van der Waals surface area contributed by atoms with E-state index in [-0.39, 0.29) is 12.1 Å². The number of ether oxygens (including phenoxy) is 1. The van der Waals surface area contributed by atoms with Gasteiger partial charge < -0.3 is 20.3 Å². The number of hydrogen-bond acceptors (Lipinski definition) is 4. The van der Waals surface area contributed by atoms with Crippen LogP contribution in [0.3, 0.4) is 0 Å². The third kappa shape index (κ3) is 5.34. The van der Waals surface area contributed by atoms with Crippen molar-refractivity contribution in [2.24, 2.45) is 0 Å². The molecule has 1 atom stereocenters. The molecule has 2 aliphatic heterocycles. The molecule has 0 bridgehead atoms. The normalized spacial score (nSPS) is 19.6. The summed E-state index contributed by atoms with van der Waals surface area (Å²) in [4.78, 5) is 16.9. The second-order valence-corrected chi connectivity index (χ2v) is 6.87. The van der Waals surface area contributed by atoms with Crippen molar-refractivity contribution in [3.05, 3.63) is 29.8 Å². The van der Waals surface area contributed by atoms with Gasteiger partial charge in [-0.2, -0.15) is 0 Å². The molecule has 0 aliphatic carbocycles. The minimum absolute atomic E-state index is 0.00839. The maximum atomic E-state index is 12.1. The van der Waals surface area contributed by atoms with Crippen LogP contribution in [0.15, 0.2) is 24.3 Å². The van der Waals surface area contributed by atoms with Gasteiger partial charge in [-0.3, -0.25) is 4.90 Å². The number of carbonyl (C=O) groups is 1. The highest BCUT2D eigenvalue weighted by Gasteiger charge is 2.15. The first-order valence-corrected chi connectivity index (χ1v) is 9.42. The van der Waals surface area contributed by atoms with E-state index in [1.807, 2.05) is 6.92 Å². The van der Waals surface area contributed by atoms with Crippen molar-refractivity contribution in [3.63, 3.8) is 0 Å². The molecular weight excluding hydrogens is 316 g/mol. The summed E-state index contributed by atoms with van der Waals surface area (Å²) < 4.78 is 5.33. The first kappa shape index (κ1) is 18.0. The molecule has 138 valence electrons. The smallest absolute Gasteiger partial charge is 0.315 e. The Bertz CT molecular complexity index is 554. The second kappa shape index (κ2) is 9.06. The molecule has 6 heteroatoms. The van der Waals surface area contributed by atoms with Gasteiger partial charge in [0.05, 0.1) is 19.3 Å². The summed E-state index contributed by atoms with van der Waals surface area (Å²) in [7, 11) is 0. The van der Waals surface area contributed by atoms with Crippen molar-refractivity contribution < 1.29 is 9.53 Å². The van der Waals surface area contributed by atoms with Crippen LogP contribution in [-0.4, -0.2) is 63.4 Å². The summed E-state index contributed by atoms with van der Waals surface area (Å²) in [5.41, 5.74) is 2.41. The molecule has 2 amide bonds. The lowest BCUT2D eigenvalue weighted by atomic mass is 10.1. The van der Waals surface area contributed by atoms with Gasteiger partial charge in [0, 0.05) is 45.0 Å². The number of anilines is 1. The molecule has 1 aromatic carbocycles. The fourth-order valence-electron chi connectivity index (χ4n) is 3.45. The lowest BCUT2D eigenvalue weighted by Gasteiger charge is -2.26. The topological polar surface area (TPSA) is 56.8 Å². The van der Waals surface area contributed by atoms with Gasteiger partial charge in [-0.1, -0.05) is 12.1 Å². The number of urea groups is 1. The largest absolute Gasteiger partial charge is 0.379 e. The Morgan fingerprint density at radius 2 is 1.96 bits per heavy atom. The molecule has 25 heavy (non-hydrogen) atoms. The third-order valence-corrected chi connectivity index (χ3v) is 5.01. The number of nitrogens with one attached hydrogen (secondary N) is 2. The Hall–Kier alpha value is -1.79. The van der Waals surface area contributed by atoms with Crippen LogP contribution in [0.2, 0.25) is 0 Å². The van der Waals surface area contributed by atoms with Crippen LogP contribution in [0.4, 0.5) is 10.5 Å². The van der Waals surface area contributed by atoms with Gasteiger partial charge in [0.2, 0.25) is 0 Å². The molecule has 0 saturated carbocycles. The molecule has 2 heterocycles. The minimum atomic E-state index is -0.104. The molecule has 6 nitrogen and oxygen atoms in total. The molecule has 1 aromatic rings. The Balaban J connectivity index is 1.43. The van der Waals surface area contributed by atoms with E-state index >= 15 is 0 Å². The van der Waals surface area contributed by atoms with Crippen molar-refractivity contribution >= 4 is 11.7 Å². The number of benzene rings is 1. The van der Waals surface area contributed by atoms with E-state index in [1.165, 1.54) is 18.5 Å². The molecule has 1 unspecified atom stereocenters. The Labute approximate surface area is 150 Å². The Morgan fingerprint density at radius 1 is 1.20 bits per heavy atom. The van der Waals surface area contributed by atoms with Crippen LogP contribution in [-0.2, 0) is 4.74 Å². The van der Waals surface area contributed by atoms with Crippen molar-refractivity contribution in [1.82, 2.24) is 15.5 Å². The zero-order valence-corrected chi connectivity index (χ0v) is 15.2. The summed E-state index contributed by atoms with van der Waals surface area (Å²) >= 11 is 0. The number of hydrogen-bond donors (Lipinski definition) is 2. The molecule has 2 saturated heterocycles. The first-order chi connectivity index (χ1) is 12.2. The number of amides is 2. The van der Waals surface area contributed by atoms with Crippen molar-refractivity contribution in [2.45, 2.75) is 25.8 Å². The van der Waals surface area contributed by atoms with Crippen molar-refractivity contribution in [3.8, 4) is 0 Å². The van der Waals surface area contributed by atoms with E-state index in [9.17, 15) is 4.79 Å². The predicted octanol–water partition coefficient (Wildman–Crippen LogP) is 1.98. The van der Waals surface area contributed by atoms with Gasteiger partial charge in [-0.15, -0.1) is 0 Å². The fourth-order valence-corrected chi connectivity index (χ4v) is 3.45. The maximum Gasteiger partial charge on any atom is 0.315 e. The quantitative estimate of drug-likeness (QED) is 0.827. The predicted molar refractivity (Wildman–Crippen MR) is 100 cm³/mol. The minimum Gasteiger partial charge on any atom is -0.379 e. The van der Waals surface area contributed by atoms with E-state index < -0.39 is 0 Å². The molecular formula is C19H30N4O2. The van der Waals surface area contributed by atoms with Gasteiger partial charge in [-0.25, -0.2) is 4.79 Å². The highest BCUT2D eigenvalue weighted by atomic mass is 16.5. The molecule has 0 aromatic heterocycles. The first-order valence-electron chi connectivity index (χ1n) is 9.42. The number of rotatable bonds is 6. The number of nitrogens with zero attached hydrogens (tertiary/aromatic N) is 2. The summed E-state index contributed by atoms with van der Waals surface area (Å²) in [6, 6.07) is 8.40. The van der Waals surface area contributed by atoms with Crippen LogP contribution in [0.5, 0.6) is 0 Å². The Morgan fingerprint density at radius 3 is 2.72 bits per heavy atom. The summed E-state index contributed by atoms with van der Waals surface area (Å²) in [5.74, 6) is 0. The highest BCUT2D eigenvalue weighted by molar-refractivity contribution is 5.74. The zero-order valence-electron chi connectivity index (χ0n) is 15.2. The second-order valence-electron chi connectivity index (χ2n) is 6.87. The molecule has 0 spiro atoms. The SMILES string of the molecule is CC(NC(=O)NCCN1CCOCC1)c1cccc(N2CCCC2)c1. The van der Waals surface area contributed by atoms with Gasteiger partial charge in [-0.05, 0) is 37.5 Å².